The third-order valence-corrected chi connectivity index (χ3v) is 16.8. The van der Waals surface area contributed by atoms with Gasteiger partial charge < -0.3 is 0 Å². The second-order valence-corrected chi connectivity index (χ2v) is 22.4. The predicted octanol–water partition coefficient (Wildman–Crippen LogP) is 17.7. The molecule has 0 radical (unpaired) electrons. The van der Waals surface area contributed by atoms with E-state index < -0.39 is 10.8 Å². The first-order valence-corrected chi connectivity index (χ1v) is 27.3. The molecule has 0 spiro atoms. The fourth-order valence-electron chi connectivity index (χ4n) is 12.7. The van der Waals surface area contributed by atoms with Crippen LogP contribution < -0.4 is 0 Å². The van der Waals surface area contributed by atoms with Crippen molar-refractivity contribution < 1.29 is 0 Å². The van der Waals surface area contributed by atoms with Crippen LogP contribution in [0, 0.1) is 11.8 Å². The van der Waals surface area contributed by atoms with Crippen molar-refractivity contribution in [3.8, 4) is 65.6 Å². The summed E-state index contributed by atoms with van der Waals surface area (Å²) in [6.07, 6.45) is 5.75. The van der Waals surface area contributed by atoms with Crippen LogP contribution in [0.4, 0.5) is 0 Å². The fourth-order valence-corrected chi connectivity index (χ4v) is 13.5. The fraction of sp³-hybridized carbons (Fsp3) is 0.141. The molecule has 9 aromatic carbocycles. The molecule has 2 aliphatic rings. The van der Waals surface area contributed by atoms with Gasteiger partial charge in [0.15, 0.2) is 0 Å². The summed E-state index contributed by atoms with van der Waals surface area (Å²) in [5, 5.41) is 11.3. The van der Waals surface area contributed by atoms with Gasteiger partial charge in [0.05, 0.1) is 10.8 Å². The van der Waals surface area contributed by atoms with Crippen molar-refractivity contribution in [1.82, 2.24) is 15.2 Å². The van der Waals surface area contributed by atoms with Gasteiger partial charge in [-0.05, 0) is 167 Å². The molecule has 0 saturated heterocycles. The van der Waals surface area contributed by atoms with E-state index in [2.05, 4.69) is 251 Å². The Bertz CT molecular complexity index is 3600. The Morgan fingerprint density at radius 1 is 0.347 bits per heavy atom. The maximum Gasteiger partial charge on any atom is 0.149 e. The number of aromatic nitrogens is 3. The third-order valence-electron chi connectivity index (χ3n) is 15.7. The Labute approximate surface area is 445 Å². The molecule has 0 atom stereocenters. The molecule has 0 bridgehead atoms. The summed E-state index contributed by atoms with van der Waals surface area (Å²) in [5.41, 5.74) is 23.5. The molecule has 3 nitrogen and oxygen atoms in total. The molecule has 0 unspecified atom stereocenters. The van der Waals surface area contributed by atoms with Crippen molar-refractivity contribution in [3.63, 3.8) is 0 Å². The van der Waals surface area contributed by atoms with Gasteiger partial charge in [-0.1, -0.05) is 221 Å². The first-order chi connectivity index (χ1) is 36.8. The van der Waals surface area contributed by atoms with Crippen molar-refractivity contribution >= 4 is 11.3 Å². The second kappa shape index (κ2) is 18.9. The maximum atomic E-state index is 4.89. The van der Waals surface area contributed by atoms with E-state index in [1.807, 2.05) is 12.3 Å². The molecule has 0 aliphatic heterocycles. The van der Waals surface area contributed by atoms with Crippen LogP contribution in [0.15, 0.2) is 237 Å². The highest BCUT2D eigenvalue weighted by atomic mass is 32.1. The number of hydrogen-bond acceptors (Lipinski definition) is 4. The third kappa shape index (κ3) is 7.81. The zero-order chi connectivity index (χ0) is 50.7. The molecule has 0 amide bonds. The zero-order valence-corrected chi connectivity index (χ0v) is 43.7. The van der Waals surface area contributed by atoms with Gasteiger partial charge in [-0.2, -0.15) is 0 Å². The summed E-state index contributed by atoms with van der Waals surface area (Å²) < 4.78 is 0. The lowest BCUT2D eigenvalue weighted by Gasteiger charge is -2.34. The molecular weight excluding hydrogens is 927 g/mol. The summed E-state index contributed by atoms with van der Waals surface area (Å²) in [7, 11) is 0. The number of nitrogens with zero attached hydrogens (tertiary/aromatic N) is 3. The number of hydrogen-bond donors (Lipinski definition) is 0. The van der Waals surface area contributed by atoms with E-state index in [1.165, 1.54) is 77.9 Å². The number of fused-ring (bicyclic) bond motifs is 6. The van der Waals surface area contributed by atoms with E-state index in [-0.39, 0.29) is 0 Å². The summed E-state index contributed by atoms with van der Waals surface area (Å²) in [4.78, 5) is 4.41. The lowest BCUT2D eigenvalue weighted by atomic mass is 9.67. The average Bonchev–Trinajstić information content (AvgIpc) is 4.16. The van der Waals surface area contributed by atoms with E-state index in [4.69, 9.17) is 10.2 Å². The van der Waals surface area contributed by atoms with Crippen LogP contribution in [0.5, 0.6) is 0 Å². The largest absolute Gasteiger partial charge is 0.264 e. The average molecular weight is 984 g/mol. The molecular formula is C71H57N3S. The summed E-state index contributed by atoms with van der Waals surface area (Å²) in [6.45, 7) is 9.18. The van der Waals surface area contributed by atoms with Gasteiger partial charge in [-0.15, -0.1) is 10.2 Å². The molecule has 2 aromatic heterocycles. The summed E-state index contributed by atoms with van der Waals surface area (Å²) in [5.74, 6) is 1.15. The Morgan fingerprint density at radius 3 is 1.13 bits per heavy atom. The predicted molar refractivity (Wildman–Crippen MR) is 311 cm³/mol. The van der Waals surface area contributed by atoms with Crippen molar-refractivity contribution in [1.29, 1.82) is 0 Å². The molecule has 4 heteroatoms. The van der Waals surface area contributed by atoms with Crippen LogP contribution in [0.25, 0.3) is 65.6 Å². The van der Waals surface area contributed by atoms with E-state index in [1.54, 1.807) is 17.5 Å². The Hall–Kier alpha value is -8.31. The number of pyridine rings is 1. The highest BCUT2D eigenvalue weighted by Crippen LogP contribution is 2.58. The molecule has 0 saturated carbocycles. The molecule has 362 valence electrons. The van der Waals surface area contributed by atoms with Gasteiger partial charge in [0.25, 0.3) is 0 Å². The quantitative estimate of drug-likeness (QED) is 0.122. The van der Waals surface area contributed by atoms with E-state index in [0.29, 0.717) is 11.8 Å². The standard InChI is InChI=1S/C71H57N3S/c1-46(2)38-48-29-33-56(34-30-48)70(64-25-9-5-21-60(64)61-22-6-10-26-65(61)70)58-19-13-16-50(43-58)53-40-54(42-55(41-53)69-74-73-68(75-69)52-18-15-37-72-45-52)51-17-14-20-59(44-51)71(57-35-31-49(32-36-57)39-47(3)4)66-27-11-7-23-62(66)63-24-8-12-28-67(63)71/h5-37,40-47H,38-39H2,1-4H3. The second-order valence-electron chi connectivity index (χ2n) is 21.4. The molecule has 75 heavy (non-hydrogen) atoms. The van der Waals surface area contributed by atoms with Crippen molar-refractivity contribution in [3.05, 3.63) is 292 Å². The van der Waals surface area contributed by atoms with Crippen molar-refractivity contribution in [2.24, 2.45) is 11.8 Å². The Morgan fingerprint density at radius 2 is 0.733 bits per heavy atom. The highest BCUT2D eigenvalue weighted by molar-refractivity contribution is 7.17. The minimum atomic E-state index is -0.540. The minimum absolute atomic E-state index is 0.540. The molecule has 11 aromatic rings. The maximum absolute atomic E-state index is 4.89. The van der Waals surface area contributed by atoms with Gasteiger partial charge >= 0.3 is 0 Å². The van der Waals surface area contributed by atoms with Gasteiger partial charge in [-0.3, -0.25) is 4.98 Å². The van der Waals surface area contributed by atoms with Crippen LogP contribution >= 0.6 is 11.3 Å². The van der Waals surface area contributed by atoms with Crippen LogP contribution in [0.2, 0.25) is 0 Å². The minimum Gasteiger partial charge on any atom is -0.264 e. The summed E-state index contributed by atoms with van der Waals surface area (Å²) >= 11 is 1.60. The van der Waals surface area contributed by atoms with Gasteiger partial charge in [0, 0.05) is 23.5 Å². The normalized spacial score (nSPS) is 13.6. The van der Waals surface area contributed by atoms with Crippen molar-refractivity contribution in [2.45, 2.75) is 51.4 Å². The number of benzene rings is 9. The topological polar surface area (TPSA) is 38.7 Å². The van der Waals surface area contributed by atoms with Crippen LogP contribution in [-0.4, -0.2) is 15.2 Å². The first-order valence-electron chi connectivity index (χ1n) is 26.5. The van der Waals surface area contributed by atoms with Crippen LogP contribution in [-0.2, 0) is 23.7 Å². The number of rotatable bonds is 12. The van der Waals surface area contributed by atoms with Gasteiger partial charge in [0.1, 0.15) is 10.0 Å². The Kier molecular flexibility index (Phi) is 11.7. The smallest absolute Gasteiger partial charge is 0.149 e. The van der Waals surface area contributed by atoms with Gasteiger partial charge in [0.2, 0.25) is 0 Å². The lowest BCUT2D eigenvalue weighted by molar-refractivity contribution is 0.646. The molecule has 2 aliphatic carbocycles. The SMILES string of the molecule is CC(C)Cc1ccc(C2(c3cccc(-c4cc(-c5cccc(C6(c7ccc(CC(C)C)cc7)c7ccccc7-c7ccccc76)c5)cc(-c5nnc(-c6cccnc6)s5)c4)c3)c3ccccc3-c3ccccc32)cc1. The van der Waals surface area contributed by atoms with E-state index in [0.717, 1.165) is 56.2 Å². The molecule has 2 heterocycles. The van der Waals surface area contributed by atoms with Crippen molar-refractivity contribution in [2.75, 3.05) is 0 Å². The monoisotopic (exact) mass is 983 g/mol. The highest BCUT2D eigenvalue weighted by Gasteiger charge is 2.47. The van der Waals surface area contributed by atoms with Crippen LogP contribution in [0.1, 0.15) is 83.3 Å². The zero-order valence-electron chi connectivity index (χ0n) is 42.8. The van der Waals surface area contributed by atoms with Gasteiger partial charge in [-0.25, -0.2) is 0 Å². The van der Waals surface area contributed by atoms with E-state index >= 15 is 0 Å². The first kappa shape index (κ1) is 46.5. The van der Waals surface area contributed by atoms with E-state index in [9.17, 15) is 0 Å². The molecule has 13 rings (SSSR count). The Balaban J connectivity index is 1.01. The molecule has 0 N–H and O–H groups in total. The molecule has 0 fully saturated rings. The summed E-state index contributed by atoms with van der Waals surface area (Å²) in [6, 6.07) is 84.8. The van der Waals surface area contributed by atoms with Crippen LogP contribution in [0.3, 0.4) is 0 Å². The lowest BCUT2D eigenvalue weighted by Crippen LogP contribution is -2.28.